The van der Waals surface area contributed by atoms with E-state index in [2.05, 4.69) is 39.5 Å². The Morgan fingerprint density at radius 3 is 2.69 bits per heavy atom. The molecule has 1 fully saturated rings. The standard InChI is InChI=1S/C12H23NOS2/c1-6-16-11(15)13-10(7-9(2)3)8-14-12(13,4)5/h9-10H,6-8H2,1-5H3. The third kappa shape index (κ3) is 3.34. The average Bonchev–Trinajstić information content (AvgIpc) is 2.41. The predicted octanol–water partition coefficient (Wildman–Crippen LogP) is 3.51. The fraction of sp³-hybridized carbons (Fsp3) is 0.917. The molecule has 0 bridgehead atoms. The number of thiocarbonyl (C=S) groups is 1. The molecule has 16 heavy (non-hydrogen) atoms. The number of thioether (sulfide) groups is 1. The second-order valence-corrected chi connectivity index (χ2v) is 7.01. The van der Waals surface area contributed by atoms with Crippen LogP contribution in [0.15, 0.2) is 0 Å². The zero-order valence-corrected chi connectivity index (χ0v) is 12.6. The molecule has 1 heterocycles. The molecule has 2 nitrogen and oxygen atoms in total. The summed E-state index contributed by atoms with van der Waals surface area (Å²) < 4.78 is 6.84. The minimum Gasteiger partial charge on any atom is -0.354 e. The molecule has 1 saturated heterocycles. The summed E-state index contributed by atoms with van der Waals surface area (Å²) in [5.41, 5.74) is -0.237. The summed E-state index contributed by atoms with van der Waals surface area (Å²) in [4.78, 5) is 2.29. The second kappa shape index (κ2) is 5.69. The van der Waals surface area contributed by atoms with Gasteiger partial charge in [-0.3, -0.25) is 0 Å². The lowest BCUT2D eigenvalue weighted by molar-refractivity contribution is -0.0198. The van der Waals surface area contributed by atoms with Gasteiger partial charge < -0.3 is 9.64 Å². The number of nitrogens with zero attached hydrogens (tertiary/aromatic N) is 1. The van der Waals surface area contributed by atoms with Crippen molar-refractivity contribution in [2.24, 2.45) is 5.92 Å². The van der Waals surface area contributed by atoms with Crippen molar-refractivity contribution in [1.82, 2.24) is 4.90 Å². The van der Waals surface area contributed by atoms with Crippen LogP contribution in [-0.4, -0.2) is 33.3 Å². The quantitative estimate of drug-likeness (QED) is 0.720. The molecule has 0 amide bonds. The van der Waals surface area contributed by atoms with Gasteiger partial charge in [-0.25, -0.2) is 0 Å². The highest BCUT2D eigenvalue weighted by Crippen LogP contribution is 2.33. The smallest absolute Gasteiger partial charge is 0.138 e. The molecule has 1 rings (SSSR count). The van der Waals surface area contributed by atoms with E-state index in [0.29, 0.717) is 12.0 Å². The molecule has 1 aliphatic rings. The van der Waals surface area contributed by atoms with E-state index in [1.54, 1.807) is 11.8 Å². The fourth-order valence-corrected chi connectivity index (χ4v) is 3.64. The van der Waals surface area contributed by atoms with Crippen molar-refractivity contribution in [2.75, 3.05) is 12.4 Å². The van der Waals surface area contributed by atoms with Gasteiger partial charge in [-0.2, -0.15) is 0 Å². The van der Waals surface area contributed by atoms with Crippen LogP contribution in [0, 0.1) is 5.92 Å². The van der Waals surface area contributed by atoms with E-state index < -0.39 is 0 Å². The maximum Gasteiger partial charge on any atom is 0.138 e. The Kier molecular flexibility index (Phi) is 5.08. The van der Waals surface area contributed by atoms with Crippen LogP contribution in [0.2, 0.25) is 0 Å². The van der Waals surface area contributed by atoms with Crippen LogP contribution in [-0.2, 0) is 4.74 Å². The van der Waals surface area contributed by atoms with Gasteiger partial charge in [0.1, 0.15) is 10.0 Å². The van der Waals surface area contributed by atoms with Gasteiger partial charge in [0.15, 0.2) is 0 Å². The van der Waals surface area contributed by atoms with Crippen LogP contribution in [0.25, 0.3) is 0 Å². The number of hydrogen-bond acceptors (Lipinski definition) is 3. The Morgan fingerprint density at radius 1 is 1.56 bits per heavy atom. The third-order valence-corrected chi connectivity index (χ3v) is 4.06. The first-order valence-corrected chi connectivity index (χ1v) is 7.38. The summed E-state index contributed by atoms with van der Waals surface area (Å²) in [7, 11) is 0. The van der Waals surface area contributed by atoms with Gasteiger partial charge in [-0.05, 0) is 31.9 Å². The minimum atomic E-state index is -0.237. The Hall–Kier alpha value is 0.200. The van der Waals surface area contributed by atoms with E-state index >= 15 is 0 Å². The fourth-order valence-electron chi connectivity index (χ4n) is 2.16. The summed E-state index contributed by atoms with van der Waals surface area (Å²) >= 11 is 7.24. The molecular weight excluding hydrogens is 238 g/mol. The molecule has 0 saturated carbocycles. The first kappa shape index (κ1) is 14.3. The minimum absolute atomic E-state index is 0.237. The monoisotopic (exact) mass is 261 g/mol. The van der Waals surface area contributed by atoms with Crippen molar-refractivity contribution in [2.45, 2.75) is 52.8 Å². The van der Waals surface area contributed by atoms with Crippen molar-refractivity contribution >= 4 is 28.3 Å². The maximum absolute atomic E-state index is 5.86. The number of ether oxygens (including phenoxy) is 1. The highest BCUT2D eigenvalue weighted by molar-refractivity contribution is 8.22. The van der Waals surface area contributed by atoms with E-state index in [0.717, 1.165) is 23.1 Å². The van der Waals surface area contributed by atoms with Gasteiger partial charge in [0.25, 0.3) is 0 Å². The van der Waals surface area contributed by atoms with Crippen molar-refractivity contribution in [3.8, 4) is 0 Å². The molecule has 94 valence electrons. The van der Waals surface area contributed by atoms with Crippen molar-refractivity contribution in [3.05, 3.63) is 0 Å². The topological polar surface area (TPSA) is 12.5 Å². The van der Waals surface area contributed by atoms with E-state index in [1.165, 1.54) is 0 Å². The van der Waals surface area contributed by atoms with Crippen molar-refractivity contribution < 1.29 is 4.74 Å². The van der Waals surface area contributed by atoms with Crippen LogP contribution in [0.3, 0.4) is 0 Å². The third-order valence-electron chi connectivity index (χ3n) is 2.78. The lowest BCUT2D eigenvalue weighted by Gasteiger charge is -2.36. The normalized spacial score (nSPS) is 24.1. The lowest BCUT2D eigenvalue weighted by Crippen LogP contribution is -2.46. The van der Waals surface area contributed by atoms with Crippen LogP contribution >= 0.6 is 24.0 Å². The zero-order valence-electron chi connectivity index (χ0n) is 10.9. The maximum atomic E-state index is 5.86. The van der Waals surface area contributed by atoms with Crippen LogP contribution in [0.5, 0.6) is 0 Å². The number of hydrogen-bond donors (Lipinski definition) is 0. The van der Waals surface area contributed by atoms with Gasteiger partial charge in [-0.1, -0.05) is 44.8 Å². The Bertz CT molecular complexity index is 253. The van der Waals surface area contributed by atoms with Crippen LogP contribution < -0.4 is 0 Å². The van der Waals surface area contributed by atoms with E-state index in [-0.39, 0.29) is 5.72 Å². The Balaban J connectivity index is 2.75. The zero-order chi connectivity index (χ0) is 12.3. The summed E-state index contributed by atoms with van der Waals surface area (Å²) in [6.07, 6.45) is 1.15. The number of rotatable bonds is 3. The Labute approximate surface area is 109 Å². The SMILES string of the molecule is CCSC(=S)N1C(CC(C)C)COC1(C)C. The molecule has 1 atom stereocenters. The molecule has 0 spiro atoms. The highest BCUT2D eigenvalue weighted by Gasteiger charge is 2.41. The molecule has 0 aromatic rings. The van der Waals surface area contributed by atoms with Crippen LogP contribution in [0.4, 0.5) is 0 Å². The van der Waals surface area contributed by atoms with Gasteiger partial charge >= 0.3 is 0 Å². The molecule has 0 radical (unpaired) electrons. The first-order chi connectivity index (χ1) is 7.38. The van der Waals surface area contributed by atoms with Crippen molar-refractivity contribution in [3.63, 3.8) is 0 Å². The largest absolute Gasteiger partial charge is 0.354 e. The molecule has 1 unspecified atom stereocenters. The van der Waals surface area contributed by atoms with Crippen molar-refractivity contribution in [1.29, 1.82) is 0 Å². The molecule has 4 heteroatoms. The van der Waals surface area contributed by atoms with Gasteiger partial charge in [0, 0.05) is 0 Å². The molecular formula is C12H23NOS2. The van der Waals surface area contributed by atoms with E-state index in [1.807, 2.05) is 0 Å². The average molecular weight is 261 g/mol. The summed E-state index contributed by atoms with van der Waals surface area (Å²) in [5, 5.41) is 0. The summed E-state index contributed by atoms with van der Waals surface area (Å²) in [5.74, 6) is 1.71. The molecule has 1 aliphatic heterocycles. The molecule has 0 aromatic carbocycles. The summed E-state index contributed by atoms with van der Waals surface area (Å²) in [6, 6.07) is 0.446. The molecule has 0 aromatic heterocycles. The van der Waals surface area contributed by atoms with Gasteiger partial charge in [-0.15, -0.1) is 0 Å². The lowest BCUT2D eigenvalue weighted by atomic mass is 10.0. The Morgan fingerprint density at radius 2 is 2.19 bits per heavy atom. The van der Waals surface area contributed by atoms with E-state index in [9.17, 15) is 0 Å². The molecule has 0 N–H and O–H groups in total. The molecule has 0 aliphatic carbocycles. The van der Waals surface area contributed by atoms with Crippen LogP contribution in [0.1, 0.15) is 41.0 Å². The first-order valence-electron chi connectivity index (χ1n) is 5.98. The second-order valence-electron chi connectivity index (χ2n) is 5.11. The highest BCUT2D eigenvalue weighted by atomic mass is 32.2. The van der Waals surface area contributed by atoms with Gasteiger partial charge in [0.05, 0.1) is 12.6 Å². The van der Waals surface area contributed by atoms with Gasteiger partial charge in [0.2, 0.25) is 0 Å². The summed E-state index contributed by atoms with van der Waals surface area (Å²) in [6.45, 7) is 11.7. The van der Waals surface area contributed by atoms with E-state index in [4.69, 9.17) is 17.0 Å². The predicted molar refractivity (Wildman–Crippen MR) is 75.8 cm³/mol.